The van der Waals surface area contributed by atoms with Gasteiger partial charge in [0.1, 0.15) is 17.2 Å². The van der Waals surface area contributed by atoms with Gasteiger partial charge in [0.05, 0.1) is 14.2 Å². The molecule has 4 rings (SSSR count). The average Bonchev–Trinajstić information content (AvgIpc) is 3.15. The van der Waals surface area contributed by atoms with Crippen LogP contribution in [0.1, 0.15) is 23.1 Å². The molecule has 7 heteroatoms. The lowest BCUT2D eigenvalue weighted by molar-refractivity contribution is -0.123. The summed E-state index contributed by atoms with van der Waals surface area (Å²) in [4.78, 5) is 17.5. The van der Waals surface area contributed by atoms with Gasteiger partial charge < -0.3 is 24.4 Å². The summed E-state index contributed by atoms with van der Waals surface area (Å²) in [6, 6.07) is 20.4. The molecule has 0 unspecified atom stereocenters. The summed E-state index contributed by atoms with van der Waals surface area (Å²) in [6.45, 7) is 7.38. The first-order valence-electron chi connectivity index (χ1n) is 13.2. The molecule has 3 aromatic carbocycles. The van der Waals surface area contributed by atoms with Gasteiger partial charge in [0.2, 0.25) is 0 Å². The van der Waals surface area contributed by atoms with Gasteiger partial charge in [-0.3, -0.25) is 9.69 Å². The van der Waals surface area contributed by atoms with Gasteiger partial charge in [0.25, 0.3) is 5.91 Å². The smallest absolute Gasteiger partial charge is 0.258 e. The van der Waals surface area contributed by atoms with Crippen LogP contribution in [0.25, 0.3) is 11.1 Å². The topological polar surface area (TPSA) is 63.3 Å². The highest BCUT2D eigenvalue weighted by Crippen LogP contribution is 2.29. The van der Waals surface area contributed by atoms with Crippen LogP contribution in [-0.2, 0) is 17.9 Å². The van der Waals surface area contributed by atoms with Crippen molar-refractivity contribution >= 4 is 5.91 Å². The van der Waals surface area contributed by atoms with E-state index in [-0.39, 0.29) is 12.5 Å². The Hall–Kier alpha value is -3.55. The first kappa shape index (κ1) is 27.5. The van der Waals surface area contributed by atoms with Crippen molar-refractivity contribution in [2.75, 3.05) is 54.1 Å². The Morgan fingerprint density at radius 1 is 0.842 bits per heavy atom. The summed E-state index contributed by atoms with van der Waals surface area (Å²) in [7, 11) is 5.39. The molecule has 1 fully saturated rings. The van der Waals surface area contributed by atoms with E-state index in [1.54, 1.807) is 20.3 Å². The number of nitrogens with zero attached hydrogens (tertiary/aromatic N) is 2. The predicted molar refractivity (Wildman–Crippen MR) is 151 cm³/mol. The van der Waals surface area contributed by atoms with Gasteiger partial charge in [-0.2, -0.15) is 0 Å². The molecule has 0 aliphatic carbocycles. The molecule has 1 aliphatic heterocycles. The minimum Gasteiger partial charge on any atom is -0.497 e. The highest BCUT2D eigenvalue weighted by molar-refractivity contribution is 5.77. The van der Waals surface area contributed by atoms with E-state index in [0.29, 0.717) is 18.0 Å². The summed E-state index contributed by atoms with van der Waals surface area (Å²) < 4.78 is 16.8. The quantitative estimate of drug-likeness (QED) is 0.427. The van der Waals surface area contributed by atoms with E-state index >= 15 is 0 Å². The van der Waals surface area contributed by atoms with Crippen LogP contribution in [-0.4, -0.2) is 69.8 Å². The monoisotopic (exact) mass is 517 g/mol. The number of methoxy groups -OCH3 is 2. The van der Waals surface area contributed by atoms with Gasteiger partial charge in [0, 0.05) is 43.4 Å². The van der Waals surface area contributed by atoms with Crippen molar-refractivity contribution in [1.29, 1.82) is 0 Å². The second kappa shape index (κ2) is 13.3. The van der Waals surface area contributed by atoms with E-state index in [2.05, 4.69) is 65.5 Å². The molecule has 1 aliphatic rings. The molecular weight excluding hydrogens is 478 g/mol. The number of benzene rings is 3. The maximum absolute atomic E-state index is 12.7. The number of carbonyl (C=O) groups excluding carboxylic acids is 1. The first-order chi connectivity index (χ1) is 18.4. The molecule has 1 heterocycles. The molecule has 1 amide bonds. The number of aryl methyl sites for hydroxylation is 1. The molecule has 0 saturated carbocycles. The number of amides is 1. The van der Waals surface area contributed by atoms with Gasteiger partial charge in [-0.05, 0) is 68.9 Å². The number of nitrogens with one attached hydrogen (secondary N) is 1. The lowest BCUT2D eigenvalue weighted by Gasteiger charge is -2.22. The fraction of sp³-hybridized carbons (Fsp3) is 0.387. The van der Waals surface area contributed by atoms with Crippen molar-refractivity contribution in [3.63, 3.8) is 0 Å². The van der Waals surface area contributed by atoms with Gasteiger partial charge in [-0.1, -0.05) is 35.9 Å². The van der Waals surface area contributed by atoms with Crippen LogP contribution in [0.2, 0.25) is 0 Å². The molecule has 0 aromatic heterocycles. The molecule has 0 atom stereocenters. The van der Waals surface area contributed by atoms with E-state index in [9.17, 15) is 4.79 Å². The molecule has 0 spiro atoms. The summed E-state index contributed by atoms with van der Waals surface area (Å²) in [5, 5.41) is 2.94. The maximum Gasteiger partial charge on any atom is 0.258 e. The van der Waals surface area contributed by atoms with E-state index in [1.165, 1.54) is 11.1 Å². The lowest BCUT2D eigenvalue weighted by Crippen LogP contribution is -2.30. The zero-order chi connectivity index (χ0) is 26.9. The number of ether oxygens (including phenoxy) is 3. The SMILES string of the molecule is COc1ccc(CNC(=O)COc2ccc(-c3ccc(C)cc3)cc2CN2CCCN(C)CC2)c(OC)c1. The highest BCUT2D eigenvalue weighted by atomic mass is 16.5. The van der Waals surface area contributed by atoms with Crippen molar-refractivity contribution in [3.05, 3.63) is 77.4 Å². The third kappa shape index (κ3) is 7.49. The maximum atomic E-state index is 12.7. The van der Waals surface area contributed by atoms with Crippen molar-refractivity contribution in [2.45, 2.75) is 26.4 Å². The van der Waals surface area contributed by atoms with E-state index in [4.69, 9.17) is 14.2 Å². The molecule has 3 aromatic rings. The van der Waals surface area contributed by atoms with E-state index in [1.807, 2.05) is 18.2 Å². The molecular formula is C31H39N3O4. The number of hydrogen-bond acceptors (Lipinski definition) is 6. The Morgan fingerprint density at radius 3 is 2.39 bits per heavy atom. The van der Waals surface area contributed by atoms with Gasteiger partial charge >= 0.3 is 0 Å². The number of hydrogen-bond donors (Lipinski definition) is 1. The Kier molecular flexibility index (Phi) is 9.62. The van der Waals surface area contributed by atoms with Crippen LogP contribution in [0, 0.1) is 6.92 Å². The van der Waals surface area contributed by atoms with Crippen molar-refractivity contribution in [2.24, 2.45) is 0 Å². The molecule has 1 saturated heterocycles. The Labute approximate surface area is 226 Å². The number of rotatable bonds is 10. The summed E-state index contributed by atoms with van der Waals surface area (Å²) in [6.07, 6.45) is 1.14. The number of likely N-dealkylation sites (N-methyl/N-ethyl adjacent to an activating group) is 1. The second-order valence-corrected chi connectivity index (χ2v) is 9.86. The fourth-order valence-corrected chi connectivity index (χ4v) is 4.65. The highest BCUT2D eigenvalue weighted by Gasteiger charge is 2.16. The fourth-order valence-electron chi connectivity index (χ4n) is 4.65. The largest absolute Gasteiger partial charge is 0.497 e. The van der Waals surface area contributed by atoms with Gasteiger partial charge in [-0.15, -0.1) is 0 Å². The molecule has 0 radical (unpaired) electrons. The third-order valence-electron chi connectivity index (χ3n) is 6.98. The minimum absolute atomic E-state index is 0.0575. The zero-order valence-electron chi connectivity index (χ0n) is 23.0. The summed E-state index contributed by atoms with van der Waals surface area (Å²) >= 11 is 0. The minimum atomic E-state index is -0.187. The number of carbonyl (C=O) groups is 1. The Morgan fingerprint density at radius 2 is 1.63 bits per heavy atom. The van der Waals surface area contributed by atoms with Crippen LogP contribution in [0.5, 0.6) is 17.2 Å². The van der Waals surface area contributed by atoms with Crippen LogP contribution < -0.4 is 19.5 Å². The Bertz CT molecular complexity index is 1210. The van der Waals surface area contributed by atoms with E-state index < -0.39 is 0 Å². The van der Waals surface area contributed by atoms with Crippen molar-refractivity contribution < 1.29 is 19.0 Å². The molecule has 0 bridgehead atoms. The lowest BCUT2D eigenvalue weighted by atomic mass is 10.0. The second-order valence-electron chi connectivity index (χ2n) is 9.86. The summed E-state index contributed by atoms with van der Waals surface area (Å²) in [5.41, 5.74) is 5.52. The normalized spacial score (nSPS) is 14.5. The molecule has 38 heavy (non-hydrogen) atoms. The molecule has 202 valence electrons. The zero-order valence-corrected chi connectivity index (χ0v) is 23.0. The summed E-state index contributed by atoms with van der Waals surface area (Å²) in [5.74, 6) is 1.93. The standard InChI is InChI=1S/C31H39N3O4/c1-23-6-8-24(9-7-23)25-11-13-29(27(18-25)21-34-15-5-14-33(2)16-17-34)38-22-31(35)32-20-26-10-12-28(36-3)19-30(26)37-4/h6-13,18-19H,5,14-17,20-22H2,1-4H3,(H,32,35). The average molecular weight is 518 g/mol. The van der Waals surface area contributed by atoms with Crippen LogP contribution in [0.3, 0.4) is 0 Å². The van der Waals surface area contributed by atoms with Crippen LogP contribution in [0.4, 0.5) is 0 Å². The van der Waals surface area contributed by atoms with Gasteiger partial charge in [0.15, 0.2) is 6.61 Å². The third-order valence-corrected chi connectivity index (χ3v) is 6.98. The molecule has 1 N–H and O–H groups in total. The van der Waals surface area contributed by atoms with Crippen molar-refractivity contribution in [1.82, 2.24) is 15.1 Å². The first-order valence-corrected chi connectivity index (χ1v) is 13.2. The van der Waals surface area contributed by atoms with E-state index in [0.717, 1.165) is 61.6 Å². The van der Waals surface area contributed by atoms with Gasteiger partial charge in [-0.25, -0.2) is 0 Å². The van der Waals surface area contributed by atoms with Crippen LogP contribution >= 0.6 is 0 Å². The van der Waals surface area contributed by atoms with Crippen LogP contribution in [0.15, 0.2) is 60.7 Å². The predicted octanol–water partition coefficient (Wildman–Crippen LogP) is 4.51. The van der Waals surface area contributed by atoms with Crippen molar-refractivity contribution in [3.8, 4) is 28.4 Å². The molecule has 7 nitrogen and oxygen atoms in total. The Balaban J connectivity index is 1.45.